The minimum Gasteiger partial charge on any atom is -0.467 e. The Morgan fingerprint density at radius 2 is 1.82 bits per heavy atom. The topological polar surface area (TPSA) is 85.9 Å². The summed E-state index contributed by atoms with van der Waals surface area (Å²) in [7, 11) is 0.915. The van der Waals surface area contributed by atoms with Crippen LogP contribution in [-0.4, -0.2) is 53.0 Å². The number of hydrogen-bond acceptors (Lipinski definition) is 6. The number of para-hydroxylation sites is 2. The molecule has 10 heteroatoms. The first-order valence-electron chi connectivity index (χ1n) is 13.2. The predicted octanol–water partition coefficient (Wildman–Crippen LogP) is 4.73. The first-order valence-corrected chi connectivity index (χ1v) is 13.2. The molecule has 0 radical (unpaired) electrons. The highest BCUT2D eigenvalue weighted by Gasteiger charge is 2.52. The molecule has 8 nitrogen and oxygen atoms in total. The van der Waals surface area contributed by atoms with Crippen LogP contribution in [0.15, 0.2) is 60.7 Å². The van der Waals surface area contributed by atoms with E-state index in [0.29, 0.717) is 29.2 Å². The Labute approximate surface area is 232 Å². The summed E-state index contributed by atoms with van der Waals surface area (Å²) >= 11 is 0. The number of fused-ring (bicyclic) bond motifs is 2. The molecule has 1 saturated heterocycles. The second-order valence-corrected chi connectivity index (χ2v) is 11.2. The van der Waals surface area contributed by atoms with Crippen LogP contribution in [0.5, 0.6) is 5.75 Å². The maximum atomic E-state index is 14.7. The highest BCUT2D eigenvalue weighted by Crippen LogP contribution is 2.40. The first kappa shape index (κ1) is 26.5. The van der Waals surface area contributed by atoms with Gasteiger partial charge in [-0.2, -0.15) is 0 Å². The van der Waals surface area contributed by atoms with E-state index in [0.717, 1.165) is 22.1 Å². The summed E-state index contributed by atoms with van der Waals surface area (Å²) in [5.74, 6) is 0.241. The average molecular weight is 543 g/mol. The molecule has 0 saturated carbocycles. The molecule has 0 spiro atoms. The van der Waals surface area contributed by atoms with E-state index in [4.69, 9.17) is 23.8 Å². The largest absolute Gasteiger partial charge is 0.494 e. The van der Waals surface area contributed by atoms with Gasteiger partial charge in [-0.05, 0) is 75.1 Å². The molecule has 1 amide bonds. The fourth-order valence-electron chi connectivity index (χ4n) is 5.23. The van der Waals surface area contributed by atoms with Crippen molar-refractivity contribution in [3.63, 3.8) is 0 Å². The number of rotatable bonds is 7. The summed E-state index contributed by atoms with van der Waals surface area (Å²) in [5, 5.41) is 0. The van der Waals surface area contributed by atoms with E-state index in [1.54, 1.807) is 11.0 Å². The van der Waals surface area contributed by atoms with Gasteiger partial charge in [-0.3, -0.25) is 4.79 Å². The number of ether oxygens (including phenoxy) is 2. The molecule has 1 aromatic heterocycles. The van der Waals surface area contributed by atoms with Gasteiger partial charge in [0.05, 0.1) is 22.2 Å². The van der Waals surface area contributed by atoms with Crippen LogP contribution in [0.3, 0.4) is 0 Å². The van der Waals surface area contributed by atoms with Gasteiger partial charge in [0.2, 0.25) is 0 Å². The average Bonchev–Trinajstić information content (AvgIpc) is 3.55. The maximum absolute atomic E-state index is 14.7. The Kier molecular flexibility index (Phi) is 6.44. The quantitative estimate of drug-likeness (QED) is 0.268. The molecule has 2 aliphatic rings. The standard InChI is InChI=1S/C30H31BFN3O5/c1-29(2)30(3,4)40-31(39-29)19-11-10-18-16-35(28(36)21(18)14-19)26(27-33-23-8-6-7-9-24(23)34-27)22-15-20(32)12-13-25(22)38-17-37-5/h6-15,26H,16-17H2,1-5H3,(H,33,34). The fourth-order valence-corrected chi connectivity index (χ4v) is 5.23. The minimum absolute atomic E-state index is 0.0307. The van der Waals surface area contributed by atoms with Gasteiger partial charge >= 0.3 is 7.12 Å². The van der Waals surface area contributed by atoms with E-state index >= 15 is 0 Å². The molecule has 6 rings (SSSR count). The molecular formula is C30H31BFN3O5. The maximum Gasteiger partial charge on any atom is 0.494 e. The Morgan fingerprint density at radius 3 is 2.55 bits per heavy atom. The number of nitrogens with zero attached hydrogens (tertiary/aromatic N) is 2. The number of imidazole rings is 1. The molecule has 40 heavy (non-hydrogen) atoms. The number of H-pyrrole nitrogens is 1. The summed E-state index contributed by atoms with van der Waals surface area (Å²) < 4.78 is 38.1. The second kappa shape index (κ2) is 9.73. The molecule has 0 aliphatic carbocycles. The Balaban J connectivity index is 1.42. The van der Waals surface area contributed by atoms with Gasteiger partial charge in [0.15, 0.2) is 6.79 Å². The molecule has 0 bridgehead atoms. The van der Waals surface area contributed by atoms with Crippen molar-refractivity contribution in [3.8, 4) is 5.75 Å². The van der Waals surface area contributed by atoms with E-state index < -0.39 is 30.2 Å². The van der Waals surface area contributed by atoms with Crippen LogP contribution in [0.4, 0.5) is 4.39 Å². The highest BCUT2D eigenvalue weighted by atomic mass is 19.1. The molecule has 1 N–H and O–H groups in total. The van der Waals surface area contributed by atoms with Crippen molar-refractivity contribution < 1.29 is 28.0 Å². The number of methoxy groups -OCH3 is 1. The van der Waals surface area contributed by atoms with Gasteiger partial charge < -0.3 is 28.7 Å². The summed E-state index contributed by atoms with van der Waals surface area (Å²) in [4.78, 5) is 23.9. The molecule has 3 aromatic carbocycles. The summed E-state index contributed by atoms with van der Waals surface area (Å²) in [5.41, 5.74) is 3.16. The molecule has 1 fully saturated rings. The van der Waals surface area contributed by atoms with Gasteiger partial charge in [0.1, 0.15) is 23.4 Å². The highest BCUT2D eigenvalue weighted by molar-refractivity contribution is 6.62. The number of aromatic nitrogens is 2. The number of carbonyl (C=O) groups excluding carboxylic acids is 1. The van der Waals surface area contributed by atoms with E-state index in [1.807, 2.05) is 70.2 Å². The van der Waals surface area contributed by atoms with Crippen LogP contribution in [0.1, 0.15) is 61.0 Å². The first-order chi connectivity index (χ1) is 19.1. The van der Waals surface area contributed by atoms with Crippen LogP contribution in [-0.2, 0) is 20.6 Å². The minimum atomic E-state index is -0.754. The Hall–Kier alpha value is -3.73. The smallest absolute Gasteiger partial charge is 0.467 e. The number of nitrogens with one attached hydrogen (secondary N) is 1. The van der Waals surface area contributed by atoms with Crippen molar-refractivity contribution in [1.29, 1.82) is 0 Å². The van der Waals surface area contributed by atoms with Crippen molar-refractivity contribution in [2.75, 3.05) is 13.9 Å². The number of carbonyl (C=O) groups is 1. The third kappa shape index (κ3) is 4.46. The zero-order chi connectivity index (χ0) is 28.2. The van der Waals surface area contributed by atoms with E-state index in [1.165, 1.54) is 19.2 Å². The van der Waals surface area contributed by atoms with Crippen LogP contribution >= 0.6 is 0 Å². The lowest BCUT2D eigenvalue weighted by atomic mass is 9.78. The third-order valence-electron chi connectivity index (χ3n) is 8.07. The normalized spacial score (nSPS) is 18.4. The SMILES string of the molecule is COCOc1ccc(F)cc1C(c1nc2ccccc2[nH]1)N1Cc2ccc(B3OC(C)(C)C(C)(C)O3)cc2C1=O. The van der Waals surface area contributed by atoms with Gasteiger partial charge in [-0.1, -0.05) is 24.3 Å². The van der Waals surface area contributed by atoms with Crippen molar-refractivity contribution in [1.82, 2.24) is 14.9 Å². The van der Waals surface area contributed by atoms with Crippen LogP contribution in [0.2, 0.25) is 0 Å². The van der Waals surface area contributed by atoms with E-state index in [9.17, 15) is 9.18 Å². The molecule has 3 heterocycles. The monoisotopic (exact) mass is 543 g/mol. The predicted molar refractivity (Wildman–Crippen MR) is 149 cm³/mol. The molecule has 4 aromatic rings. The Morgan fingerprint density at radius 1 is 1.07 bits per heavy atom. The summed E-state index contributed by atoms with van der Waals surface area (Å²) in [6.45, 7) is 8.25. The van der Waals surface area contributed by atoms with Gasteiger partial charge in [0.25, 0.3) is 5.91 Å². The lowest BCUT2D eigenvalue weighted by Gasteiger charge is -2.32. The van der Waals surface area contributed by atoms with Gasteiger partial charge in [-0.15, -0.1) is 0 Å². The number of benzene rings is 3. The van der Waals surface area contributed by atoms with Crippen molar-refractivity contribution in [2.24, 2.45) is 0 Å². The molecule has 1 atom stereocenters. The van der Waals surface area contributed by atoms with Crippen LogP contribution < -0.4 is 10.2 Å². The van der Waals surface area contributed by atoms with Crippen molar-refractivity contribution >= 4 is 29.5 Å². The summed E-state index contributed by atoms with van der Waals surface area (Å²) in [6, 6.07) is 16.8. The molecule has 1 unspecified atom stereocenters. The van der Waals surface area contributed by atoms with Crippen LogP contribution in [0.25, 0.3) is 11.0 Å². The summed E-state index contributed by atoms with van der Waals surface area (Å²) in [6.07, 6.45) is 0. The van der Waals surface area contributed by atoms with E-state index in [2.05, 4.69) is 4.98 Å². The number of amides is 1. The fraction of sp³-hybridized carbons (Fsp3) is 0.333. The van der Waals surface area contributed by atoms with Crippen molar-refractivity contribution in [2.45, 2.75) is 51.5 Å². The van der Waals surface area contributed by atoms with E-state index in [-0.39, 0.29) is 12.7 Å². The molecular weight excluding hydrogens is 512 g/mol. The molecule has 2 aliphatic heterocycles. The Bertz CT molecular complexity index is 1550. The lowest BCUT2D eigenvalue weighted by molar-refractivity contribution is 0.00578. The lowest BCUT2D eigenvalue weighted by Crippen LogP contribution is -2.41. The zero-order valence-electron chi connectivity index (χ0n) is 23.2. The molecule has 206 valence electrons. The van der Waals surface area contributed by atoms with Gasteiger partial charge in [-0.25, -0.2) is 9.37 Å². The number of halogens is 1. The number of aromatic amines is 1. The third-order valence-corrected chi connectivity index (χ3v) is 8.07. The van der Waals surface area contributed by atoms with Gasteiger partial charge in [0, 0.05) is 24.8 Å². The number of hydrogen-bond donors (Lipinski definition) is 1. The zero-order valence-corrected chi connectivity index (χ0v) is 23.2. The van der Waals surface area contributed by atoms with Crippen molar-refractivity contribution in [3.05, 3.63) is 89.0 Å². The second-order valence-electron chi connectivity index (χ2n) is 11.2. The van der Waals surface area contributed by atoms with Crippen LogP contribution in [0, 0.1) is 5.82 Å².